The van der Waals surface area contributed by atoms with Crippen LogP contribution in [0, 0.1) is 23.7 Å². The molecule has 9 atom stereocenters. The van der Waals surface area contributed by atoms with Gasteiger partial charge in [0.15, 0.2) is 0 Å². The Balaban J connectivity index is 2.19. The molecule has 1 saturated heterocycles. The summed E-state index contributed by atoms with van der Waals surface area (Å²) in [7, 11) is 6.67. The number of carboxylic acids is 1. The number of amides is 5. The molecule has 1 aromatic rings. The van der Waals surface area contributed by atoms with Crippen molar-refractivity contribution in [3.63, 3.8) is 0 Å². The van der Waals surface area contributed by atoms with E-state index in [9.17, 15) is 33.6 Å². The quantitative estimate of drug-likeness (QED) is 0.0578. The minimum Gasteiger partial charge on any atom is -0.481 e. The Hall–Kier alpha value is -4.61. The summed E-state index contributed by atoms with van der Waals surface area (Å²) in [5.41, 5.74) is 0.801. The highest BCUT2D eigenvalue weighted by Crippen LogP contribution is 2.29. The van der Waals surface area contributed by atoms with Gasteiger partial charge in [0, 0.05) is 46.6 Å². The second kappa shape index (κ2) is 28.3. The molecular weight excluding hydrogens is 825 g/mol. The number of nitrogens with one attached hydrogen (secondary N) is 4. The Morgan fingerprint density at radius 2 is 1.52 bits per heavy atom. The lowest BCUT2D eigenvalue weighted by atomic mass is 9.90. The maximum atomic E-state index is 14.3. The summed E-state index contributed by atoms with van der Waals surface area (Å²) in [4.78, 5) is 95.3. The van der Waals surface area contributed by atoms with Crippen LogP contribution in [0.1, 0.15) is 105 Å². The van der Waals surface area contributed by atoms with E-state index in [4.69, 9.17) is 19.3 Å². The van der Waals surface area contributed by atoms with Gasteiger partial charge in [-0.2, -0.15) is 0 Å². The molecule has 17 heteroatoms. The molecule has 0 unspecified atom stereocenters. The van der Waals surface area contributed by atoms with Gasteiger partial charge in [0.05, 0.1) is 49.3 Å². The summed E-state index contributed by atoms with van der Waals surface area (Å²) in [6, 6.07) is 5.90. The first-order valence-electron chi connectivity index (χ1n) is 22.9. The molecule has 362 valence electrons. The molecule has 2 rings (SSSR count). The maximum Gasteiger partial charge on any atom is 0.328 e. The Bertz CT molecular complexity index is 1640. The third kappa shape index (κ3) is 17.8. The third-order valence-electron chi connectivity index (χ3n) is 12.1. The van der Waals surface area contributed by atoms with Crippen molar-refractivity contribution in [3.05, 3.63) is 35.9 Å². The van der Waals surface area contributed by atoms with Crippen molar-refractivity contribution in [1.82, 2.24) is 31.1 Å². The lowest BCUT2D eigenvalue weighted by molar-refractivity contribution is -0.149. The molecule has 5 N–H and O–H groups in total. The van der Waals surface area contributed by atoms with Gasteiger partial charge < -0.3 is 45.5 Å². The minimum atomic E-state index is -1.04. The van der Waals surface area contributed by atoms with Gasteiger partial charge in [-0.05, 0) is 63.1 Å². The van der Waals surface area contributed by atoms with Gasteiger partial charge in [0.1, 0.15) is 12.1 Å². The van der Waals surface area contributed by atoms with Crippen LogP contribution in [0.25, 0.3) is 0 Å². The predicted molar refractivity (Wildman–Crippen MR) is 243 cm³/mol. The smallest absolute Gasteiger partial charge is 0.328 e. The van der Waals surface area contributed by atoms with Crippen molar-refractivity contribution in [2.45, 2.75) is 149 Å². The molecule has 17 nitrogen and oxygen atoms in total. The van der Waals surface area contributed by atoms with Crippen LogP contribution < -0.4 is 21.3 Å². The van der Waals surface area contributed by atoms with E-state index in [0.29, 0.717) is 32.2 Å². The minimum absolute atomic E-state index is 0.0147. The predicted octanol–water partition coefficient (Wildman–Crippen LogP) is 3.32. The van der Waals surface area contributed by atoms with E-state index in [1.54, 1.807) is 11.8 Å². The summed E-state index contributed by atoms with van der Waals surface area (Å²) in [5.74, 6) is -4.24. The highest BCUT2D eigenvalue weighted by atomic mass is 16.5. The van der Waals surface area contributed by atoms with Crippen LogP contribution in [0.3, 0.4) is 0 Å². The monoisotopic (exact) mass is 903 g/mol. The van der Waals surface area contributed by atoms with Crippen molar-refractivity contribution >= 4 is 41.5 Å². The molecule has 0 saturated carbocycles. The molecule has 1 heterocycles. The fourth-order valence-corrected chi connectivity index (χ4v) is 8.36. The Morgan fingerprint density at radius 1 is 0.844 bits per heavy atom. The highest BCUT2D eigenvalue weighted by molar-refractivity contribution is 5.90. The van der Waals surface area contributed by atoms with E-state index in [1.807, 2.05) is 90.9 Å². The molecule has 1 aromatic carbocycles. The van der Waals surface area contributed by atoms with Crippen molar-refractivity contribution in [1.29, 1.82) is 0 Å². The fourth-order valence-electron chi connectivity index (χ4n) is 8.36. The number of nitrogens with zero attached hydrogens (tertiary/aromatic N) is 2. The molecule has 1 aliphatic rings. The standard InChI is InChI=1S/C47H78N6O11/c1-12-31(6)41(51-45(59)40(29(2)3)50-46(60)42(30(4)5)52(8)9)36(62-10)28-38(55)53-25-17-21-35(53)43(63-11)32(7)44(58)49-34(27-33-19-14-13-15-20-33)47(61)64-26-18-24-48-37(54)22-16-23-39(56)57/h13-15,19-20,29-32,34-36,40-43H,12,16-18,21-28H2,1-11H3,(H,48,54)(H,49,58)(H,50,60)(H,51,59)(H,56,57)/t31-,32+,34-,35-,36+,40-,41-,42-,43+/m0/s1. The normalized spacial score (nSPS) is 17.7. The van der Waals surface area contributed by atoms with Crippen LogP contribution in [0.2, 0.25) is 0 Å². The number of likely N-dealkylation sites (tertiary alicyclic amines) is 1. The Labute approximate surface area is 380 Å². The number of methoxy groups -OCH3 is 2. The lowest BCUT2D eigenvalue weighted by Gasteiger charge is -2.37. The summed E-state index contributed by atoms with van der Waals surface area (Å²) in [6.07, 6.45) is 1.16. The topological polar surface area (TPSA) is 222 Å². The second-order valence-electron chi connectivity index (χ2n) is 17.9. The Kier molecular flexibility index (Phi) is 24.6. The number of esters is 1. The van der Waals surface area contributed by atoms with Gasteiger partial charge in [-0.25, -0.2) is 4.79 Å². The second-order valence-corrected chi connectivity index (χ2v) is 17.9. The van der Waals surface area contributed by atoms with Gasteiger partial charge in [0.25, 0.3) is 0 Å². The molecule has 0 aliphatic carbocycles. The van der Waals surface area contributed by atoms with E-state index in [1.165, 1.54) is 14.2 Å². The molecule has 64 heavy (non-hydrogen) atoms. The molecule has 0 radical (unpaired) electrons. The van der Waals surface area contributed by atoms with Crippen molar-refractivity contribution in [2.75, 3.05) is 48.0 Å². The van der Waals surface area contributed by atoms with E-state index >= 15 is 0 Å². The lowest BCUT2D eigenvalue weighted by Crippen LogP contribution is -2.59. The van der Waals surface area contributed by atoms with E-state index in [-0.39, 0.29) is 86.6 Å². The highest BCUT2D eigenvalue weighted by Gasteiger charge is 2.42. The van der Waals surface area contributed by atoms with E-state index in [2.05, 4.69) is 21.3 Å². The van der Waals surface area contributed by atoms with Crippen molar-refractivity contribution in [3.8, 4) is 0 Å². The molecule has 0 aromatic heterocycles. The van der Waals surface area contributed by atoms with Crippen LogP contribution in [0.4, 0.5) is 0 Å². The number of carbonyl (C=O) groups is 7. The third-order valence-corrected chi connectivity index (χ3v) is 12.1. The van der Waals surface area contributed by atoms with Crippen molar-refractivity contribution in [2.24, 2.45) is 23.7 Å². The van der Waals surface area contributed by atoms with Gasteiger partial charge in [-0.3, -0.25) is 33.7 Å². The fraction of sp³-hybridized carbons (Fsp3) is 0.723. The van der Waals surface area contributed by atoms with E-state index in [0.717, 1.165) is 5.56 Å². The molecule has 0 bridgehead atoms. The number of hydrogen-bond donors (Lipinski definition) is 5. The number of carbonyl (C=O) groups excluding carboxylic acids is 6. The Morgan fingerprint density at radius 3 is 2.08 bits per heavy atom. The number of rotatable bonds is 29. The summed E-state index contributed by atoms with van der Waals surface area (Å²) in [5, 5.41) is 20.5. The zero-order chi connectivity index (χ0) is 48.1. The molecule has 0 spiro atoms. The first-order chi connectivity index (χ1) is 30.3. The number of benzene rings is 1. The van der Waals surface area contributed by atoms with E-state index < -0.39 is 66.2 Å². The summed E-state index contributed by atoms with van der Waals surface area (Å²) in [6.45, 7) is 14.0. The van der Waals surface area contributed by atoms with Crippen LogP contribution in [-0.4, -0.2) is 147 Å². The number of likely N-dealkylation sites (N-methyl/N-ethyl adjacent to an activating group) is 1. The van der Waals surface area contributed by atoms with Gasteiger partial charge in [-0.1, -0.05) is 85.2 Å². The average molecular weight is 903 g/mol. The number of ether oxygens (including phenoxy) is 3. The molecule has 5 amide bonds. The van der Waals surface area contributed by atoms with Crippen LogP contribution in [0.15, 0.2) is 30.3 Å². The zero-order valence-electron chi connectivity index (χ0n) is 40.1. The average Bonchev–Trinajstić information content (AvgIpc) is 3.73. The molecule has 1 aliphatic heterocycles. The first kappa shape index (κ1) is 55.5. The van der Waals surface area contributed by atoms with Crippen LogP contribution >= 0.6 is 0 Å². The SMILES string of the molecule is CC[C@H](C)[C@H](NC(=O)[C@@H](NC(=O)[C@H](C(C)C)N(C)C)C(C)C)[C@@H](CC(=O)N1CCC[C@H]1[C@H](OC)[C@@H](C)C(=O)N[C@@H](Cc1ccccc1)C(=O)OCCCNC(=O)CCCC(=O)O)OC. The van der Waals surface area contributed by atoms with Gasteiger partial charge in [-0.15, -0.1) is 0 Å². The maximum absolute atomic E-state index is 14.3. The van der Waals surface area contributed by atoms with Crippen LogP contribution in [0.5, 0.6) is 0 Å². The van der Waals surface area contributed by atoms with Gasteiger partial charge >= 0.3 is 11.9 Å². The summed E-state index contributed by atoms with van der Waals surface area (Å²) < 4.78 is 17.5. The summed E-state index contributed by atoms with van der Waals surface area (Å²) >= 11 is 0. The molecule has 1 fully saturated rings. The first-order valence-corrected chi connectivity index (χ1v) is 22.9. The zero-order valence-corrected chi connectivity index (χ0v) is 40.1. The number of aliphatic carboxylic acids is 1. The number of hydrogen-bond acceptors (Lipinski definition) is 11. The number of carboxylic acid groups (broad SMARTS) is 1. The molecular formula is C47H78N6O11. The van der Waals surface area contributed by atoms with Crippen molar-refractivity contribution < 1.29 is 52.9 Å². The largest absolute Gasteiger partial charge is 0.481 e. The van der Waals surface area contributed by atoms with Gasteiger partial charge in [0.2, 0.25) is 29.5 Å². The van der Waals surface area contributed by atoms with Crippen LogP contribution in [-0.2, 0) is 54.2 Å².